The van der Waals surface area contributed by atoms with Crippen LogP contribution in [0.15, 0.2) is 54.6 Å². The molecule has 0 fully saturated rings. The van der Waals surface area contributed by atoms with Crippen molar-refractivity contribution >= 4 is 17.5 Å². The fraction of sp³-hybridized carbons (Fsp3) is 0.188. The molecule has 1 unspecified atom stereocenters. The molecule has 20 heavy (non-hydrogen) atoms. The molecule has 2 aromatic rings. The van der Waals surface area contributed by atoms with Crippen LogP contribution in [0.1, 0.15) is 21.3 Å². The number of rotatable bonds is 5. The zero-order chi connectivity index (χ0) is 14.4. The molecule has 3 nitrogen and oxygen atoms in total. The summed E-state index contributed by atoms with van der Waals surface area (Å²) in [5.74, 6) is 0.361. The summed E-state index contributed by atoms with van der Waals surface area (Å²) < 4.78 is 5.16. The zero-order valence-electron chi connectivity index (χ0n) is 11.2. The largest absolute Gasteiger partial charge is 0.496 e. The van der Waals surface area contributed by atoms with Crippen LogP contribution in [0.5, 0.6) is 5.75 Å². The molecule has 1 atom stereocenters. The molecule has 4 heteroatoms. The summed E-state index contributed by atoms with van der Waals surface area (Å²) in [7, 11) is 1.54. The van der Waals surface area contributed by atoms with Crippen molar-refractivity contribution in [3.05, 3.63) is 65.7 Å². The van der Waals surface area contributed by atoms with Crippen molar-refractivity contribution in [2.75, 3.05) is 13.7 Å². The number of hydrogen-bond donors (Lipinski definition) is 1. The molecule has 1 amide bonds. The Balaban J connectivity index is 1.99. The lowest BCUT2D eigenvalue weighted by atomic mass is 10.1. The number of para-hydroxylation sites is 1. The van der Waals surface area contributed by atoms with Crippen LogP contribution >= 0.6 is 11.6 Å². The van der Waals surface area contributed by atoms with E-state index in [9.17, 15) is 4.79 Å². The number of alkyl halides is 1. The van der Waals surface area contributed by atoms with E-state index in [1.807, 2.05) is 36.4 Å². The van der Waals surface area contributed by atoms with Crippen LogP contribution in [0.3, 0.4) is 0 Å². The van der Waals surface area contributed by atoms with Crippen molar-refractivity contribution in [1.82, 2.24) is 5.32 Å². The zero-order valence-corrected chi connectivity index (χ0v) is 11.9. The van der Waals surface area contributed by atoms with E-state index in [1.54, 1.807) is 25.3 Å². The highest BCUT2D eigenvalue weighted by atomic mass is 35.5. The average Bonchev–Trinajstić information content (AvgIpc) is 2.53. The Bertz CT molecular complexity index is 572. The monoisotopic (exact) mass is 289 g/mol. The van der Waals surface area contributed by atoms with E-state index in [4.69, 9.17) is 16.3 Å². The molecule has 0 radical (unpaired) electrons. The summed E-state index contributed by atoms with van der Waals surface area (Å²) in [5, 5.41) is 2.57. The molecule has 104 valence electrons. The number of benzene rings is 2. The third-order valence-electron chi connectivity index (χ3n) is 2.95. The number of amides is 1. The van der Waals surface area contributed by atoms with E-state index in [-0.39, 0.29) is 11.3 Å². The average molecular weight is 290 g/mol. The van der Waals surface area contributed by atoms with Gasteiger partial charge in [0.1, 0.15) is 5.75 Å². The van der Waals surface area contributed by atoms with Gasteiger partial charge in [-0.05, 0) is 17.7 Å². The molecular weight excluding hydrogens is 274 g/mol. The molecule has 2 rings (SSSR count). The standard InChI is InChI=1S/C16H16ClNO2/c1-20-15-10-6-5-9-13(15)16(19)18-11-14(17)12-7-3-2-4-8-12/h2-10,14H,11H2,1H3,(H,18,19). The fourth-order valence-electron chi connectivity index (χ4n) is 1.89. The molecule has 0 aliphatic carbocycles. The minimum Gasteiger partial charge on any atom is -0.496 e. The van der Waals surface area contributed by atoms with Gasteiger partial charge in [-0.3, -0.25) is 4.79 Å². The van der Waals surface area contributed by atoms with E-state index in [0.717, 1.165) is 5.56 Å². The Morgan fingerprint density at radius 2 is 1.80 bits per heavy atom. The van der Waals surface area contributed by atoms with Crippen molar-refractivity contribution in [2.45, 2.75) is 5.38 Å². The Morgan fingerprint density at radius 1 is 1.15 bits per heavy atom. The van der Waals surface area contributed by atoms with E-state index in [2.05, 4.69) is 5.32 Å². The number of halogens is 1. The summed E-state index contributed by atoms with van der Waals surface area (Å²) in [6.45, 7) is 0.364. The Hall–Kier alpha value is -2.00. The Kier molecular flexibility index (Phi) is 5.02. The minimum atomic E-state index is -0.255. The van der Waals surface area contributed by atoms with Crippen LogP contribution in [0.2, 0.25) is 0 Å². The van der Waals surface area contributed by atoms with Crippen LogP contribution in [-0.2, 0) is 0 Å². The van der Waals surface area contributed by atoms with E-state index in [1.165, 1.54) is 0 Å². The molecule has 0 saturated carbocycles. The molecule has 0 saturated heterocycles. The predicted octanol–water partition coefficient (Wildman–Crippen LogP) is 3.41. The maximum atomic E-state index is 12.1. The van der Waals surface area contributed by atoms with Gasteiger partial charge in [-0.1, -0.05) is 42.5 Å². The number of hydrogen-bond acceptors (Lipinski definition) is 2. The minimum absolute atomic E-state index is 0.191. The van der Waals surface area contributed by atoms with Gasteiger partial charge in [0.2, 0.25) is 0 Å². The highest BCUT2D eigenvalue weighted by Crippen LogP contribution is 2.20. The first-order chi connectivity index (χ1) is 9.72. The molecule has 0 bridgehead atoms. The van der Waals surface area contributed by atoms with Gasteiger partial charge < -0.3 is 10.1 Å². The Labute approximate surface area is 123 Å². The van der Waals surface area contributed by atoms with Crippen LogP contribution in [0.4, 0.5) is 0 Å². The molecular formula is C16H16ClNO2. The molecule has 0 aliphatic rings. The number of carbonyl (C=O) groups excluding carboxylic acids is 1. The third kappa shape index (κ3) is 3.52. The lowest BCUT2D eigenvalue weighted by Gasteiger charge is -2.12. The second kappa shape index (κ2) is 6.96. The first-order valence-corrected chi connectivity index (χ1v) is 6.76. The number of methoxy groups -OCH3 is 1. The summed E-state index contributed by atoms with van der Waals surface area (Å²) in [4.78, 5) is 12.1. The van der Waals surface area contributed by atoms with Gasteiger partial charge in [0.25, 0.3) is 5.91 Å². The van der Waals surface area contributed by atoms with Gasteiger partial charge in [0.15, 0.2) is 0 Å². The van der Waals surface area contributed by atoms with Crippen LogP contribution in [0, 0.1) is 0 Å². The molecule has 0 aromatic heterocycles. The summed E-state index contributed by atoms with van der Waals surface area (Å²) >= 11 is 6.27. The SMILES string of the molecule is COc1ccccc1C(=O)NCC(Cl)c1ccccc1. The fourth-order valence-corrected chi connectivity index (χ4v) is 2.11. The first-order valence-electron chi connectivity index (χ1n) is 6.32. The molecule has 0 aliphatic heterocycles. The maximum Gasteiger partial charge on any atom is 0.255 e. The normalized spacial score (nSPS) is 11.7. The van der Waals surface area contributed by atoms with Crippen LogP contribution < -0.4 is 10.1 Å². The maximum absolute atomic E-state index is 12.1. The number of nitrogens with one attached hydrogen (secondary N) is 1. The summed E-state index contributed by atoms with van der Waals surface area (Å²) in [5.41, 5.74) is 1.49. The van der Waals surface area contributed by atoms with Crippen LogP contribution in [0.25, 0.3) is 0 Å². The van der Waals surface area contributed by atoms with Crippen molar-refractivity contribution in [2.24, 2.45) is 0 Å². The van der Waals surface area contributed by atoms with Crippen molar-refractivity contribution in [3.8, 4) is 5.75 Å². The topological polar surface area (TPSA) is 38.3 Å². The molecule has 0 heterocycles. The van der Waals surface area contributed by atoms with E-state index >= 15 is 0 Å². The van der Waals surface area contributed by atoms with Gasteiger partial charge >= 0.3 is 0 Å². The first kappa shape index (κ1) is 14.4. The molecule has 2 aromatic carbocycles. The molecule has 1 N–H and O–H groups in total. The lowest BCUT2D eigenvalue weighted by molar-refractivity contribution is 0.0950. The number of carbonyl (C=O) groups is 1. The van der Waals surface area contributed by atoms with Gasteiger partial charge in [-0.2, -0.15) is 0 Å². The van der Waals surface area contributed by atoms with Gasteiger partial charge in [-0.25, -0.2) is 0 Å². The second-order valence-corrected chi connectivity index (χ2v) is 4.82. The highest BCUT2D eigenvalue weighted by Gasteiger charge is 2.13. The predicted molar refractivity (Wildman–Crippen MR) is 80.4 cm³/mol. The van der Waals surface area contributed by atoms with Gasteiger partial charge in [0.05, 0.1) is 18.1 Å². The number of ether oxygens (including phenoxy) is 1. The van der Waals surface area contributed by atoms with Gasteiger partial charge in [-0.15, -0.1) is 11.6 Å². The second-order valence-electron chi connectivity index (χ2n) is 4.29. The highest BCUT2D eigenvalue weighted by molar-refractivity contribution is 6.21. The van der Waals surface area contributed by atoms with Crippen molar-refractivity contribution in [3.63, 3.8) is 0 Å². The Morgan fingerprint density at radius 3 is 2.50 bits per heavy atom. The summed E-state index contributed by atoms with van der Waals surface area (Å²) in [6.07, 6.45) is 0. The van der Waals surface area contributed by atoms with Crippen molar-refractivity contribution < 1.29 is 9.53 Å². The van der Waals surface area contributed by atoms with E-state index in [0.29, 0.717) is 17.9 Å². The van der Waals surface area contributed by atoms with Crippen molar-refractivity contribution in [1.29, 1.82) is 0 Å². The quantitative estimate of drug-likeness (QED) is 0.857. The van der Waals surface area contributed by atoms with E-state index < -0.39 is 0 Å². The lowest BCUT2D eigenvalue weighted by Crippen LogP contribution is -2.27. The third-order valence-corrected chi connectivity index (χ3v) is 3.36. The van der Waals surface area contributed by atoms with Gasteiger partial charge in [0, 0.05) is 6.54 Å². The summed E-state index contributed by atoms with van der Waals surface area (Å²) in [6, 6.07) is 16.8. The smallest absolute Gasteiger partial charge is 0.255 e. The molecule has 0 spiro atoms. The van der Waals surface area contributed by atoms with Crippen LogP contribution in [-0.4, -0.2) is 19.6 Å².